The average Bonchev–Trinajstić information content (AvgIpc) is 3.48. The van der Waals surface area contributed by atoms with Crippen molar-refractivity contribution in [2.45, 2.75) is 69.7 Å². The molecule has 3 fully saturated rings. The van der Waals surface area contributed by atoms with E-state index >= 15 is 0 Å². The molecule has 2 saturated heterocycles. The maximum atomic E-state index is 10.3. The Morgan fingerprint density at radius 3 is 2.76 bits per heavy atom. The molecule has 9 heteroatoms. The highest BCUT2D eigenvalue weighted by molar-refractivity contribution is 6.32. The minimum absolute atomic E-state index is 0.117. The van der Waals surface area contributed by atoms with Crippen LogP contribution in [-0.2, 0) is 4.74 Å². The number of ether oxygens (including phenoxy) is 1. The number of anilines is 2. The molecule has 3 aromatic rings. The van der Waals surface area contributed by atoms with Crippen molar-refractivity contribution in [1.82, 2.24) is 24.6 Å². The van der Waals surface area contributed by atoms with E-state index in [1.165, 1.54) is 11.1 Å². The number of nitrogens with zero attached hydrogens (tertiary/aromatic N) is 5. The monoisotopic (exact) mass is 482 g/mol. The van der Waals surface area contributed by atoms with Crippen molar-refractivity contribution < 1.29 is 9.84 Å². The lowest BCUT2D eigenvalue weighted by atomic mass is 9.82. The second-order valence-corrected chi connectivity index (χ2v) is 10.4. The first-order chi connectivity index (χ1) is 16.5. The van der Waals surface area contributed by atoms with Crippen molar-refractivity contribution >= 4 is 34.1 Å². The van der Waals surface area contributed by atoms with Crippen LogP contribution in [-0.4, -0.2) is 67.7 Å². The van der Waals surface area contributed by atoms with E-state index in [9.17, 15) is 5.11 Å². The molecule has 4 unspecified atom stereocenters. The summed E-state index contributed by atoms with van der Waals surface area (Å²) >= 11 is 6.51. The van der Waals surface area contributed by atoms with Crippen LogP contribution in [0.25, 0.3) is 10.9 Å². The van der Waals surface area contributed by atoms with Crippen LogP contribution in [0.1, 0.15) is 55.7 Å². The third-order valence-corrected chi connectivity index (χ3v) is 8.03. The van der Waals surface area contributed by atoms with Crippen LogP contribution < -0.4 is 5.32 Å². The van der Waals surface area contributed by atoms with Gasteiger partial charge in [-0.1, -0.05) is 11.6 Å². The summed E-state index contributed by atoms with van der Waals surface area (Å²) in [5, 5.41) is 19.6. The number of hydrogen-bond donors (Lipinski definition) is 2. The second kappa shape index (κ2) is 8.75. The molecule has 34 heavy (non-hydrogen) atoms. The van der Waals surface area contributed by atoms with Crippen molar-refractivity contribution in [1.29, 1.82) is 0 Å². The van der Waals surface area contributed by atoms with Gasteiger partial charge in [-0.25, -0.2) is 14.6 Å². The van der Waals surface area contributed by atoms with Gasteiger partial charge >= 0.3 is 0 Å². The molecule has 8 nitrogen and oxygen atoms in total. The van der Waals surface area contributed by atoms with Gasteiger partial charge in [0.15, 0.2) is 5.15 Å². The van der Waals surface area contributed by atoms with E-state index in [2.05, 4.69) is 46.3 Å². The summed E-state index contributed by atoms with van der Waals surface area (Å²) in [6.45, 7) is 6.49. The Morgan fingerprint density at radius 1 is 1.18 bits per heavy atom. The molecule has 0 spiro atoms. The molecule has 2 aromatic heterocycles. The zero-order chi connectivity index (χ0) is 23.4. The van der Waals surface area contributed by atoms with Gasteiger partial charge in [0.2, 0.25) is 5.95 Å². The number of aryl methyl sites for hydroxylation is 1. The van der Waals surface area contributed by atoms with Crippen LogP contribution in [0, 0.1) is 6.92 Å². The lowest BCUT2D eigenvalue weighted by Gasteiger charge is -2.42. The third kappa shape index (κ3) is 4.06. The maximum Gasteiger partial charge on any atom is 0.227 e. The fraction of sp³-hybridized carbons (Fsp3) is 0.560. The zero-order valence-corrected chi connectivity index (χ0v) is 20.4. The highest BCUT2D eigenvalue weighted by Crippen LogP contribution is 2.39. The van der Waals surface area contributed by atoms with Crippen molar-refractivity contribution in [2.24, 2.45) is 0 Å². The molecule has 1 saturated carbocycles. The van der Waals surface area contributed by atoms with Gasteiger partial charge < -0.3 is 15.2 Å². The largest absolute Gasteiger partial charge is 0.389 e. The molecular formula is C25H31ClN6O2. The maximum absolute atomic E-state index is 10.3. The topological polar surface area (TPSA) is 88.3 Å². The van der Waals surface area contributed by atoms with Gasteiger partial charge in [0, 0.05) is 17.6 Å². The van der Waals surface area contributed by atoms with E-state index in [1.54, 1.807) is 6.20 Å². The lowest BCUT2D eigenvalue weighted by molar-refractivity contribution is 0.0351. The summed E-state index contributed by atoms with van der Waals surface area (Å²) in [6, 6.07) is 5.35. The molecule has 180 valence electrons. The number of aromatic nitrogens is 4. The van der Waals surface area contributed by atoms with Crippen molar-refractivity contribution in [3.63, 3.8) is 0 Å². The molecule has 0 amide bonds. The lowest BCUT2D eigenvalue weighted by Crippen LogP contribution is -2.51. The number of fused-ring (bicyclic) bond motifs is 1. The van der Waals surface area contributed by atoms with E-state index in [1.807, 2.05) is 10.9 Å². The van der Waals surface area contributed by atoms with Crippen LogP contribution in [0.3, 0.4) is 0 Å². The fourth-order valence-electron chi connectivity index (χ4n) is 5.65. The van der Waals surface area contributed by atoms with E-state index < -0.39 is 0 Å². The quantitative estimate of drug-likeness (QED) is 0.563. The Bertz CT molecular complexity index is 1210. The molecule has 2 N–H and O–H groups in total. The van der Waals surface area contributed by atoms with Crippen LogP contribution in [0.4, 0.5) is 11.6 Å². The number of aliphatic hydroxyl groups excluding tert-OH is 1. The number of hydrogen-bond acceptors (Lipinski definition) is 7. The Balaban J connectivity index is 1.22. The number of benzene rings is 1. The summed E-state index contributed by atoms with van der Waals surface area (Å²) in [5.74, 6) is 0.991. The van der Waals surface area contributed by atoms with Crippen LogP contribution in [0.5, 0.6) is 0 Å². The van der Waals surface area contributed by atoms with E-state index in [0.717, 1.165) is 48.8 Å². The predicted octanol–water partition coefficient (Wildman–Crippen LogP) is 4.19. The number of rotatable bonds is 5. The highest BCUT2D eigenvalue weighted by Gasteiger charge is 2.37. The Morgan fingerprint density at radius 2 is 2.03 bits per heavy atom. The Labute approximate surface area is 204 Å². The first-order valence-corrected chi connectivity index (χ1v) is 12.6. The molecule has 1 aliphatic carbocycles. The van der Waals surface area contributed by atoms with Gasteiger partial charge in [-0.05, 0) is 75.3 Å². The molecule has 4 atom stereocenters. The SMILES string of the molecule is Cc1cc2cnc(Nc3cnn(C4CC4)c3Cl)nc2cc1C1CCN(C2COCC2O)C(C)C1. The number of nitrogens with one attached hydrogen (secondary N) is 1. The van der Waals surface area contributed by atoms with Gasteiger partial charge in [0.1, 0.15) is 0 Å². The minimum Gasteiger partial charge on any atom is -0.389 e. The number of piperidine rings is 1. The minimum atomic E-state index is -0.381. The fourth-order valence-corrected chi connectivity index (χ4v) is 5.93. The highest BCUT2D eigenvalue weighted by atomic mass is 35.5. The number of halogens is 1. The molecule has 1 aromatic carbocycles. The van der Waals surface area contributed by atoms with Crippen LogP contribution in [0.15, 0.2) is 24.5 Å². The van der Waals surface area contributed by atoms with Gasteiger partial charge in [0.05, 0.1) is 48.8 Å². The summed E-state index contributed by atoms with van der Waals surface area (Å²) in [7, 11) is 0. The van der Waals surface area contributed by atoms with Crippen LogP contribution in [0.2, 0.25) is 5.15 Å². The van der Waals surface area contributed by atoms with E-state index in [4.69, 9.17) is 21.3 Å². The van der Waals surface area contributed by atoms with Gasteiger partial charge in [-0.15, -0.1) is 0 Å². The molecule has 6 rings (SSSR count). The first kappa shape index (κ1) is 22.2. The summed E-state index contributed by atoms with van der Waals surface area (Å²) in [5.41, 5.74) is 4.30. The predicted molar refractivity (Wildman–Crippen MR) is 132 cm³/mol. The van der Waals surface area contributed by atoms with E-state index in [0.29, 0.717) is 42.3 Å². The molecular weight excluding hydrogens is 452 g/mol. The van der Waals surface area contributed by atoms with Crippen molar-refractivity contribution in [3.05, 3.63) is 40.8 Å². The van der Waals surface area contributed by atoms with Gasteiger partial charge in [0.25, 0.3) is 0 Å². The van der Waals surface area contributed by atoms with Crippen LogP contribution >= 0.6 is 11.6 Å². The summed E-state index contributed by atoms with van der Waals surface area (Å²) < 4.78 is 7.37. The summed E-state index contributed by atoms with van der Waals surface area (Å²) in [4.78, 5) is 11.7. The molecule has 2 aliphatic heterocycles. The normalized spacial score (nSPS) is 28.0. The van der Waals surface area contributed by atoms with Crippen molar-refractivity contribution in [2.75, 3.05) is 25.1 Å². The smallest absolute Gasteiger partial charge is 0.227 e. The third-order valence-electron chi connectivity index (χ3n) is 7.66. The standard InChI is InChI=1S/C25H31ClN6O2/c1-14-7-17-10-27-25(30-21-11-28-32(24(21)26)18-3-4-18)29-20(17)9-19(14)16-5-6-31(15(2)8-16)22-12-34-13-23(22)33/h7,9-11,15-16,18,22-23,33H,3-6,8,12-13H2,1-2H3,(H,27,29,30). The average molecular weight is 483 g/mol. The Kier molecular flexibility index (Phi) is 5.72. The number of likely N-dealkylation sites (tertiary alicyclic amines) is 1. The van der Waals surface area contributed by atoms with Gasteiger partial charge in [-0.3, -0.25) is 4.90 Å². The Hall–Kier alpha value is -2.26. The molecule has 0 bridgehead atoms. The molecule has 0 radical (unpaired) electrons. The van der Waals surface area contributed by atoms with Gasteiger partial charge in [-0.2, -0.15) is 5.10 Å². The summed E-state index contributed by atoms with van der Waals surface area (Å²) in [6.07, 6.45) is 7.61. The second-order valence-electron chi connectivity index (χ2n) is 10.1. The van der Waals surface area contributed by atoms with E-state index in [-0.39, 0.29) is 12.1 Å². The first-order valence-electron chi connectivity index (χ1n) is 12.3. The van der Waals surface area contributed by atoms with Crippen molar-refractivity contribution in [3.8, 4) is 0 Å². The molecule has 3 aliphatic rings. The molecule has 4 heterocycles. The zero-order valence-electron chi connectivity index (χ0n) is 19.6. The number of aliphatic hydroxyl groups is 1.